The van der Waals surface area contributed by atoms with Crippen LogP contribution in [-0.2, 0) is 14.8 Å². The summed E-state index contributed by atoms with van der Waals surface area (Å²) >= 11 is 0. The zero-order chi connectivity index (χ0) is 17.2. The molecule has 1 aromatic rings. The first-order chi connectivity index (χ1) is 11.5. The van der Waals surface area contributed by atoms with Crippen molar-refractivity contribution in [2.75, 3.05) is 26.0 Å². The van der Waals surface area contributed by atoms with Crippen LogP contribution in [0.4, 0.5) is 0 Å². The number of fused-ring (bicyclic) bond motifs is 1. The van der Waals surface area contributed by atoms with Gasteiger partial charge in [-0.15, -0.1) is 0 Å². The van der Waals surface area contributed by atoms with Gasteiger partial charge in [0.15, 0.2) is 0 Å². The molecule has 7 heteroatoms. The smallest absolute Gasteiger partial charge is 0.233 e. The highest BCUT2D eigenvalue weighted by Gasteiger charge is 2.36. The van der Waals surface area contributed by atoms with Crippen molar-refractivity contribution in [1.29, 1.82) is 0 Å². The van der Waals surface area contributed by atoms with Crippen LogP contribution >= 0.6 is 0 Å². The number of para-hydroxylation sites is 1. The van der Waals surface area contributed by atoms with E-state index in [-0.39, 0.29) is 17.9 Å². The summed E-state index contributed by atoms with van der Waals surface area (Å²) in [4.78, 5) is 15.0. The van der Waals surface area contributed by atoms with Crippen LogP contribution in [0.3, 0.4) is 0 Å². The summed E-state index contributed by atoms with van der Waals surface area (Å²) in [5.74, 6) is 0.650. The SMILES string of the molecule is CS(=O)(=O)NCCC1CCCCN1C(=O)C1COc2ccccc21. The highest BCUT2D eigenvalue weighted by molar-refractivity contribution is 7.88. The topological polar surface area (TPSA) is 75.7 Å². The van der Waals surface area contributed by atoms with E-state index < -0.39 is 10.0 Å². The van der Waals surface area contributed by atoms with Gasteiger partial charge in [-0.25, -0.2) is 13.1 Å². The first-order valence-corrected chi connectivity index (χ1v) is 10.3. The zero-order valence-electron chi connectivity index (χ0n) is 13.9. The van der Waals surface area contributed by atoms with Gasteiger partial charge in [0.25, 0.3) is 0 Å². The Balaban J connectivity index is 1.68. The molecule has 1 N–H and O–H groups in total. The number of nitrogens with zero attached hydrogens (tertiary/aromatic N) is 1. The van der Waals surface area contributed by atoms with E-state index in [9.17, 15) is 13.2 Å². The molecule has 1 fully saturated rings. The van der Waals surface area contributed by atoms with Gasteiger partial charge in [-0.3, -0.25) is 4.79 Å². The normalized spacial score (nSPS) is 23.6. The molecular weight excluding hydrogens is 328 g/mol. The van der Waals surface area contributed by atoms with Gasteiger partial charge < -0.3 is 9.64 Å². The van der Waals surface area contributed by atoms with Gasteiger partial charge in [-0.05, 0) is 31.7 Å². The molecule has 0 spiro atoms. The second-order valence-corrected chi connectivity index (χ2v) is 8.37. The molecule has 132 valence electrons. The molecular formula is C17H24N2O4S. The monoisotopic (exact) mass is 352 g/mol. The van der Waals surface area contributed by atoms with Crippen LogP contribution in [-0.4, -0.2) is 51.2 Å². The summed E-state index contributed by atoms with van der Waals surface area (Å²) in [6.07, 6.45) is 4.80. The van der Waals surface area contributed by atoms with Crippen molar-refractivity contribution in [1.82, 2.24) is 9.62 Å². The maximum atomic E-state index is 13.0. The molecule has 2 atom stereocenters. The molecule has 6 nitrogen and oxygen atoms in total. The number of hydrogen-bond acceptors (Lipinski definition) is 4. The van der Waals surface area contributed by atoms with Crippen LogP contribution in [0.1, 0.15) is 37.2 Å². The van der Waals surface area contributed by atoms with Gasteiger partial charge in [-0.1, -0.05) is 18.2 Å². The number of sulfonamides is 1. The Morgan fingerprint density at radius 3 is 2.92 bits per heavy atom. The predicted molar refractivity (Wildman–Crippen MR) is 91.5 cm³/mol. The molecule has 2 unspecified atom stereocenters. The molecule has 3 rings (SSSR count). The van der Waals surface area contributed by atoms with Gasteiger partial charge in [0.1, 0.15) is 18.3 Å². The highest BCUT2D eigenvalue weighted by atomic mass is 32.2. The molecule has 2 heterocycles. The van der Waals surface area contributed by atoms with Gasteiger partial charge in [0, 0.05) is 24.7 Å². The van der Waals surface area contributed by atoms with Gasteiger partial charge in [0.05, 0.1) is 6.26 Å². The van der Waals surface area contributed by atoms with Gasteiger partial charge >= 0.3 is 0 Å². The number of hydrogen-bond donors (Lipinski definition) is 1. The van der Waals surface area contributed by atoms with Crippen LogP contribution in [0.25, 0.3) is 0 Å². The van der Waals surface area contributed by atoms with E-state index in [1.165, 1.54) is 0 Å². The number of carbonyl (C=O) groups excluding carboxylic acids is 1. The lowest BCUT2D eigenvalue weighted by atomic mass is 9.94. The summed E-state index contributed by atoms with van der Waals surface area (Å²) in [6, 6.07) is 7.78. The molecule has 0 bridgehead atoms. The van der Waals surface area contributed by atoms with E-state index >= 15 is 0 Å². The second kappa shape index (κ2) is 7.11. The van der Waals surface area contributed by atoms with Gasteiger partial charge in [-0.2, -0.15) is 0 Å². The van der Waals surface area contributed by atoms with Crippen LogP contribution in [0.15, 0.2) is 24.3 Å². The maximum absolute atomic E-state index is 13.0. The first kappa shape index (κ1) is 17.2. The molecule has 0 aliphatic carbocycles. The lowest BCUT2D eigenvalue weighted by Gasteiger charge is -2.37. The van der Waals surface area contributed by atoms with E-state index in [4.69, 9.17) is 4.74 Å². The van der Waals surface area contributed by atoms with E-state index in [1.807, 2.05) is 29.2 Å². The molecule has 0 aromatic heterocycles. The molecule has 24 heavy (non-hydrogen) atoms. The summed E-state index contributed by atoms with van der Waals surface area (Å²) in [6.45, 7) is 1.50. The summed E-state index contributed by atoms with van der Waals surface area (Å²) in [5.41, 5.74) is 0.959. The van der Waals surface area contributed by atoms with Crippen molar-refractivity contribution >= 4 is 15.9 Å². The number of likely N-dealkylation sites (tertiary alicyclic amines) is 1. The van der Waals surface area contributed by atoms with E-state index in [0.29, 0.717) is 19.6 Å². The fraction of sp³-hybridized carbons (Fsp3) is 0.588. The van der Waals surface area contributed by atoms with Gasteiger partial charge in [0.2, 0.25) is 15.9 Å². The Morgan fingerprint density at radius 1 is 1.33 bits per heavy atom. The van der Waals surface area contributed by atoms with Crippen molar-refractivity contribution in [3.05, 3.63) is 29.8 Å². The lowest BCUT2D eigenvalue weighted by Crippen LogP contribution is -2.47. The second-order valence-electron chi connectivity index (χ2n) is 6.54. The van der Waals surface area contributed by atoms with E-state index in [1.54, 1.807) is 0 Å². The van der Waals surface area contributed by atoms with Crippen LogP contribution in [0, 0.1) is 0 Å². The van der Waals surface area contributed by atoms with Crippen LogP contribution < -0.4 is 9.46 Å². The molecule has 1 saturated heterocycles. The predicted octanol–water partition coefficient (Wildman–Crippen LogP) is 1.48. The average molecular weight is 352 g/mol. The molecule has 0 saturated carbocycles. The molecule has 2 aliphatic rings. The Morgan fingerprint density at radius 2 is 2.12 bits per heavy atom. The zero-order valence-corrected chi connectivity index (χ0v) is 14.7. The maximum Gasteiger partial charge on any atom is 0.233 e. The average Bonchev–Trinajstić information content (AvgIpc) is 2.97. The van der Waals surface area contributed by atoms with Crippen LogP contribution in [0.5, 0.6) is 5.75 Å². The number of nitrogens with one attached hydrogen (secondary N) is 1. The van der Waals surface area contributed by atoms with Crippen molar-refractivity contribution in [3.63, 3.8) is 0 Å². The fourth-order valence-electron chi connectivity index (χ4n) is 3.57. The number of carbonyl (C=O) groups is 1. The molecule has 0 radical (unpaired) electrons. The number of benzene rings is 1. The highest BCUT2D eigenvalue weighted by Crippen LogP contribution is 2.36. The minimum Gasteiger partial charge on any atom is -0.492 e. The Bertz CT molecular complexity index is 704. The number of piperidine rings is 1. The van der Waals surface area contributed by atoms with E-state index in [2.05, 4.69) is 4.72 Å². The Hall–Kier alpha value is -1.60. The summed E-state index contributed by atoms with van der Waals surface area (Å²) < 4.78 is 30.6. The lowest BCUT2D eigenvalue weighted by molar-refractivity contribution is -0.136. The summed E-state index contributed by atoms with van der Waals surface area (Å²) in [7, 11) is -3.19. The van der Waals surface area contributed by atoms with Crippen LogP contribution in [0.2, 0.25) is 0 Å². The van der Waals surface area contributed by atoms with Crippen molar-refractivity contribution < 1.29 is 17.9 Å². The molecule has 1 amide bonds. The van der Waals surface area contributed by atoms with Crippen molar-refractivity contribution in [2.45, 2.75) is 37.6 Å². The first-order valence-electron chi connectivity index (χ1n) is 8.42. The third kappa shape index (κ3) is 3.89. The number of ether oxygens (including phenoxy) is 1. The minimum atomic E-state index is -3.19. The van der Waals surface area contributed by atoms with Crippen molar-refractivity contribution in [2.24, 2.45) is 0 Å². The minimum absolute atomic E-state index is 0.0910. The third-order valence-electron chi connectivity index (χ3n) is 4.75. The Labute approximate surface area is 143 Å². The quantitative estimate of drug-likeness (QED) is 0.871. The molecule has 2 aliphatic heterocycles. The summed E-state index contributed by atoms with van der Waals surface area (Å²) in [5, 5.41) is 0. The largest absolute Gasteiger partial charge is 0.492 e. The third-order valence-corrected chi connectivity index (χ3v) is 5.48. The standard InChI is InChI=1S/C17H24N2O4S/c1-24(21,22)18-10-9-13-6-4-5-11-19(13)17(20)15-12-23-16-8-3-2-7-14(15)16/h2-3,7-8,13,15,18H,4-6,9-12H2,1H3. The fourth-order valence-corrected chi connectivity index (χ4v) is 4.06. The molecule has 1 aromatic carbocycles. The number of rotatable bonds is 5. The number of amides is 1. The van der Waals surface area contributed by atoms with Crippen molar-refractivity contribution in [3.8, 4) is 5.75 Å². The Kier molecular flexibility index (Phi) is 5.10. The van der Waals surface area contributed by atoms with E-state index in [0.717, 1.165) is 43.4 Å².